The van der Waals surface area contributed by atoms with E-state index in [9.17, 15) is 0 Å². The second-order valence-electron chi connectivity index (χ2n) is 3.36. The molecule has 0 amide bonds. The van der Waals surface area contributed by atoms with Gasteiger partial charge in [-0.3, -0.25) is 4.98 Å². The quantitative estimate of drug-likeness (QED) is 0.634. The molecule has 3 N–H and O–H groups in total. The standard InChI is InChI=1S/C11H19N3/c12-6-3-9-13-7-1-4-11-5-2-8-14-10-11/h2,5,8,10,13H,1,3-4,6-7,9,12H2. The van der Waals surface area contributed by atoms with Crippen LogP contribution in [0.15, 0.2) is 24.5 Å². The molecule has 14 heavy (non-hydrogen) atoms. The van der Waals surface area contributed by atoms with Crippen LogP contribution in [-0.2, 0) is 6.42 Å². The van der Waals surface area contributed by atoms with Gasteiger partial charge in [0, 0.05) is 12.4 Å². The molecule has 0 unspecified atom stereocenters. The summed E-state index contributed by atoms with van der Waals surface area (Å²) < 4.78 is 0. The zero-order valence-electron chi connectivity index (χ0n) is 8.58. The molecule has 0 aromatic carbocycles. The molecule has 0 saturated heterocycles. The fourth-order valence-electron chi connectivity index (χ4n) is 1.32. The molecule has 0 atom stereocenters. The molecule has 1 aromatic heterocycles. The molecule has 0 fully saturated rings. The van der Waals surface area contributed by atoms with E-state index in [-0.39, 0.29) is 0 Å². The van der Waals surface area contributed by atoms with Gasteiger partial charge in [0.1, 0.15) is 0 Å². The SMILES string of the molecule is NCCCNCCCc1cccnc1. The molecule has 0 aliphatic carbocycles. The van der Waals surface area contributed by atoms with Gasteiger partial charge in [-0.05, 0) is 50.5 Å². The molecule has 0 saturated carbocycles. The number of rotatable bonds is 7. The number of hydrogen-bond donors (Lipinski definition) is 2. The van der Waals surface area contributed by atoms with Crippen molar-refractivity contribution < 1.29 is 0 Å². The van der Waals surface area contributed by atoms with E-state index < -0.39 is 0 Å². The van der Waals surface area contributed by atoms with Crippen molar-refractivity contribution in [1.29, 1.82) is 0 Å². The third-order valence-corrected chi connectivity index (χ3v) is 2.10. The summed E-state index contributed by atoms with van der Waals surface area (Å²) in [6, 6.07) is 4.10. The van der Waals surface area contributed by atoms with Gasteiger partial charge in [-0.1, -0.05) is 6.07 Å². The normalized spacial score (nSPS) is 10.4. The molecule has 78 valence electrons. The summed E-state index contributed by atoms with van der Waals surface area (Å²) in [7, 11) is 0. The highest BCUT2D eigenvalue weighted by Gasteiger charge is 1.91. The first-order chi connectivity index (χ1) is 6.93. The second-order valence-corrected chi connectivity index (χ2v) is 3.36. The van der Waals surface area contributed by atoms with E-state index >= 15 is 0 Å². The van der Waals surface area contributed by atoms with Crippen LogP contribution in [-0.4, -0.2) is 24.6 Å². The van der Waals surface area contributed by atoms with Gasteiger partial charge in [-0.15, -0.1) is 0 Å². The molecule has 3 heteroatoms. The first-order valence-electron chi connectivity index (χ1n) is 5.23. The van der Waals surface area contributed by atoms with E-state index in [0.717, 1.165) is 38.9 Å². The Morgan fingerprint density at radius 3 is 2.86 bits per heavy atom. The molecule has 0 aliphatic heterocycles. The Labute approximate surface area is 85.7 Å². The summed E-state index contributed by atoms with van der Waals surface area (Å²) in [6.07, 6.45) is 7.06. The molecule has 3 nitrogen and oxygen atoms in total. The number of nitrogens with one attached hydrogen (secondary N) is 1. The number of hydrogen-bond acceptors (Lipinski definition) is 3. The van der Waals surface area contributed by atoms with Gasteiger partial charge in [0.05, 0.1) is 0 Å². The number of pyridine rings is 1. The minimum Gasteiger partial charge on any atom is -0.330 e. The molecule has 0 bridgehead atoms. The van der Waals surface area contributed by atoms with Crippen molar-refractivity contribution in [3.8, 4) is 0 Å². The highest BCUT2D eigenvalue weighted by molar-refractivity contribution is 5.08. The average molecular weight is 193 g/mol. The molecular formula is C11H19N3. The number of aromatic nitrogens is 1. The highest BCUT2D eigenvalue weighted by Crippen LogP contribution is 1.98. The van der Waals surface area contributed by atoms with Crippen LogP contribution in [0.4, 0.5) is 0 Å². The van der Waals surface area contributed by atoms with Gasteiger partial charge in [-0.25, -0.2) is 0 Å². The Morgan fingerprint density at radius 1 is 1.29 bits per heavy atom. The van der Waals surface area contributed by atoms with E-state index in [1.807, 2.05) is 18.5 Å². The maximum atomic E-state index is 5.39. The molecule has 0 aliphatic rings. The third kappa shape index (κ3) is 4.94. The summed E-state index contributed by atoms with van der Waals surface area (Å²) in [5, 5.41) is 3.36. The van der Waals surface area contributed by atoms with Crippen molar-refractivity contribution in [1.82, 2.24) is 10.3 Å². The predicted octanol–water partition coefficient (Wildman–Crippen LogP) is 0.953. The van der Waals surface area contributed by atoms with Crippen molar-refractivity contribution in [3.63, 3.8) is 0 Å². The predicted molar refractivity (Wildman–Crippen MR) is 59.1 cm³/mol. The van der Waals surface area contributed by atoms with E-state index in [4.69, 9.17) is 5.73 Å². The lowest BCUT2D eigenvalue weighted by atomic mass is 10.1. The van der Waals surface area contributed by atoms with Crippen LogP contribution in [0.5, 0.6) is 0 Å². The lowest BCUT2D eigenvalue weighted by Crippen LogP contribution is -2.19. The summed E-state index contributed by atoms with van der Waals surface area (Å²) in [4.78, 5) is 4.08. The monoisotopic (exact) mass is 193 g/mol. The van der Waals surface area contributed by atoms with Gasteiger partial charge in [0.25, 0.3) is 0 Å². The number of aryl methyl sites for hydroxylation is 1. The van der Waals surface area contributed by atoms with Crippen molar-refractivity contribution in [3.05, 3.63) is 30.1 Å². The van der Waals surface area contributed by atoms with Crippen molar-refractivity contribution in [2.24, 2.45) is 5.73 Å². The summed E-state index contributed by atoms with van der Waals surface area (Å²) in [5.74, 6) is 0. The van der Waals surface area contributed by atoms with Crippen LogP contribution >= 0.6 is 0 Å². The minimum absolute atomic E-state index is 0.773. The Morgan fingerprint density at radius 2 is 2.14 bits per heavy atom. The smallest absolute Gasteiger partial charge is 0.0299 e. The summed E-state index contributed by atoms with van der Waals surface area (Å²) in [5.41, 5.74) is 6.70. The highest BCUT2D eigenvalue weighted by atomic mass is 14.8. The van der Waals surface area contributed by atoms with Gasteiger partial charge < -0.3 is 11.1 Å². The van der Waals surface area contributed by atoms with Crippen molar-refractivity contribution >= 4 is 0 Å². The van der Waals surface area contributed by atoms with E-state index in [0.29, 0.717) is 0 Å². The lowest BCUT2D eigenvalue weighted by Gasteiger charge is -2.03. The van der Waals surface area contributed by atoms with Crippen LogP contribution in [0, 0.1) is 0 Å². The number of nitrogens with two attached hydrogens (primary N) is 1. The molecule has 0 radical (unpaired) electrons. The molecular weight excluding hydrogens is 174 g/mol. The van der Waals surface area contributed by atoms with Crippen LogP contribution in [0.25, 0.3) is 0 Å². The van der Waals surface area contributed by atoms with E-state index in [1.54, 1.807) is 0 Å². The number of nitrogens with zero attached hydrogens (tertiary/aromatic N) is 1. The third-order valence-electron chi connectivity index (χ3n) is 2.10. The van der Waals surface area contributed by atoms with E-state index in [1.165, 1.54) is 5.56 Å². The Balaban J connectivity index is 1.99. The van der Waals surface area contributed by atoms with Crippen LogP contribution in [0.1, 0.15) is 18.4 Å². The second kappa shape index (κ2) is 7.47. The molecule has 1 rings (SSSR count). The van der Waals surface area contributed by atoms with Crippen molar-refractivity contribution in [2.75, 3.05) is 19.6 Å². The topological polar surface area (TPSA) is 50.9 Å². The van der Waals surface area contributed by atoms with Gasteiger partial charge in [0.2, 0.25) is 0 Å². The Bertz CT molecular complexity index is 223. The van der Waals surface area contributed by atoms with Gasteiger partial charge >= 0.3 is 0 Å². The minimum atomic E-state index is 0.773. The zero-order valence-corrected chi connectivity index (χ0v) is 8.58. The molecule has 0 spiro atoms. The zero-order chi connectivity index (χ0) is 10.1. The maximum Gasteiger partial charge on any atom is 0.0299 e. The van der Waals surface area contributed by atoms with Gasteiger partial charge in [0.15, 0.2) is 0 Å². The first kappa shape index (κ1) is 11.1. The molecule has 1 aromatic rings. The van der Waals surface area contributed by atoms with Gasteiger partial charge in [-0.2, -0.15) is 0 Å². The largest absolute Gasteiger partial charge is 0.330 e. The first-order valence-corrected chi connectivity index (χ1v) is 5.23. The van der Waals surface area contributed by atoms with Crippen LogP contribution < -0.4 is 11.1 Å². The van der Waals surface area contributed by atoms with E-state index in [2.05, 4.69) is 16.4 Å². The lowest BCUT2D eigenvalue weighted by molar-refractivity contribution is 0.626. The maximum absolute atomic E-state index is 5.39. The Hall–Kier alpha value is -0.930. The van der Waals surface area contributed by atoms with Crippen LogP contribution in [0.2, 0.25) is 0 Å². The summed E-state index contributed by atoms with van der Waals surface area (Å²) >= 11 is 0. The molecule has 1 heterocycles. The van der Waals surface area contributed by atoms with Crippen LogP contribution in [0.3, 0.4) is 0 Å². The average Bonchev–Trinajstić information content (AvgIpc) is 2.25. The fraction of sp³-hybridized carbons (Fsp3) is 0.545. The Kier molecular flexibility index (Phi) is 5.95. The summed E-state index contributed by atoms with van der Waals surface area (Å²) in [6.45, 7) is 2.87. The fourth-order valence-corrected chi connectivity index (χ4v) is 1.32. The van der Waals surface area contributed by atoms with Crippen molar-refractivity contribution in [2.45, 2.75) is 19.3 Å².